The highest BCUT2D eigenvalue weighted by Gasteiger charge is 2.16. The van der Waals surface area contributed by atoms with Gasteiger partial charge in [-0.2, -0.15) is 11.8 Å². The zero-order valence-corrected chi connectivity index (χ0v) is 23.3. The number of unbranched alkanes of at least 4 members (excludes halogenated alkanes) is 2. The summed E-state index contributed by atoms with van der Waals surface area (Å²) < 4.78 is 0. The Bertz CT molecular complexity index is 1050. The van der Waals surface area contributed by atoms with E-state index in [1.807, 2.05) is 13.8 Å². The second kappa shape index (κ2) is 17.0. The molecule has 0 spiro atoms. The predicted molar refractivity (Wildman–Crippen MR) is 151 cm³/mol. The quantitative estimate of drug-likeness (QED) is 0.153. The van der Waals surface area contributed by atoms with Gasteiger partial charge in [0.05, 0.1) is 11.1 Å². The van der Waals surface area contributed by atoms with Crippen molar-refractivity contribution >= 4 is 35.4 Å². The maximum absolute atomic E-state index is 12.3. The van der Waals surface area contributed by atoms with Crippen molar-refractivity contribution in [2.45, 2.75) is 65.2 Å². The van der Waals surface area contributed by atoms with E-state index in [9.17, 15) is 29.4 Å². The normalized spacial score (nSPS) is 10.5. The molecule has 39 heavy (non-hydrogen) atoms. The van der Waals surface area contributed by atoms with Gasteiger partial charge in [0.25, 0.3) is 11.8 Å². The van der Waals surface area contributed by atoms with Crippen molar-refractivity contribution in [1.29, 1.82) is 0 Å². The molecule has 11 heteroatoms. The molecule has 0 unspecified atom stereocenters. The fourth-order valence-corrected chi connectivity index (χ4v) is 4.50. The smallest absolute Gasteiger partial charge is 0.273 e. The summed E-state index contributed by atoms with van der Waals surface area (Å²) in [5, 5.41) is 20.7. The molecular formula is C28H38N4O6S. The summed E-state index contributed by atoms with van der Waals surface area (Å²) in [6, 6.07) is 9.89. The Morgan fingerprint density at radius 2 is 1.08 bits per heavy atom. The fraction of sp³-hybridized carbons (Fsp3) is 0.429. The molecule has 0 radical (unpaired) electrons. The number of amides is 4. The standard InChI is InChI=1S/C28H38N4O6S/c1-3-5-9-19-11-7-13-21(25(19)35)27(37)31-29-23(33)15-17-39-18-16-24(34)30-32-28(38)22-14-8-12-20(26(22)36)10-6-4-2/h7-8,11-14,35-36H,3-6,9-10,15-18H2,1-2H3,(H,29,33)(H,30,34)(H,31,37)(H,32,38). The lowest BCUT2D eigenvalue weighted by Crippen LogP contribution is -2.42. The highest BCUT2D eigenvalue weighted by molar-refractivity contribution is 7.99. The minimum atomic E-state index is -0.605. The van der Waals surface area contributed by atoms with Crippen molar-refractivity contribution in [2.24, 2.45) is 0 Å². The Morgan fingerprint density at radius 1 is 0.667 bits per heavy atom. The Kier molecular flexibility index (Phi) is 13.7. The van der Waals surface area contributed by atoms with Crippen molar-refractivity contribution < 1.29 is 29.4 Å². The number of rotatable bonds is 14. The number of aryl methyl sites for hydroxylation is 2. The van der Waals surface area contributed by atoms with Gasteiger partial charge in [-0.1, -0.05) is 51.0 Å². The molecule has 2 rings (SSSR count). The first-order valence-corrected chi connectivity index (χ1v) is 14.3. The minimum absolute atomic E-state index is 0.0833. The first-order valence-electron chi connectivity index (χ1n) is 13.2. The van der Waals surface area contributed by atoms with E-state index >= 15 is 0 Å². The van der Waals surface area contributed by atoms with Gasteiger partial charge in [0.1, 0.15) is 11.5 Å². The zero-order chi connectivity index (χ0) is 28.6. The number of carbonyl (C=O) groups is 4. The molecule has 0 aromatic heterocycles. The second-order valence-corrected chi connectivity index (χ2v) is 10.2. The van der Waals surface area contributed by atoms with E-state index in [0.29, 0.717) is 35.5 Å². The van der Waals surface area contributed by atoms with Crippen LogP contribution in [0.15, 0.2) is 36.4 Å². The fourth-order valence-electron chi connectivity index (χ4n) is 3.63. The van der Waals surface area contributed by atoms with Gasteiger partial charge >= 0.3 is 0 Å². The van der Waals surface area contributed by atoms with Crippen LogP contribution in [0.5, 0.6) is 11.5 Å². The second-order valence-electron chi connectivity index (χ2n) is 8.95. The van der Waals surface area contributed by atoms with Gasteiger partial charge in [0.15, 0.2) is 0 Å². The third-order valence-electron chi connectivity index (χ3n) is 5.91. The molecule has 10 nitrogen and oxygen atoms in total. The van der Waals surface area contributed by atoms with Gasteiger partial charge in [0, 0.05) is 24.3 Å². The maximum atomic E-state index is 12.3. The summed E-state index contributed by atoms with van der Waals surface area (Å²) in [4.78, 5) is 48.8. The molecule has 2 aromatic rings. The third kappa shape index (κ3) is 10.5. The van der Waals surface area contributed by atoms with E-state index < -0.39 is 23.6 Å². The van der Waals surface area contributed by atoms with Crippen molar-refractivity contribution in [3.8, 4) is 11.5 Å². The Morgan fingerprint density at radius 3 is 1.46 bits per heavy atom. The van der Waals surface area contributed by atoms with Crippen molar-refractivity contribution in [3.63, 3.8) is 0 Å². The molecule has 0 saturated heterocycles. The van der Waals surface area contributed by atoms with Crippen LogP contribution in [0.1, 0.15) is 84.2 Å². The molecule has 0 aliphatic rings. The summed E-state index contributed by atoms with van der Waals surface area (Å²) in [5.74, 6) is -1.36. The number of para-hydroxylation sites is 2. The average molecular weight is 559 g/mol. The number of hydrogen-bond donors (Lipinski definition) is 6. The molecule has 2 aromatic carbocycles. The molecule has 0 fully saturated rings. The van der Waals surface area contributed by atoms with Crippen LogP contribution in [0, 0.1) is 0 Å². The molecule has 0 aliphatic heterocycles. The van der Waals surface area contributed by atoms with E-state index in [4.69, 9.17) is 0 Å². The first kappa shape index (κ1) is 31.5. The number of carbonyl (C=O) groups excluding carboxylic acids is 4. The largest absolute Gasteiger partial charge is 0.507 e. The van der Waals surface area contributed by atoms with Crippen molar-refractivity contribution in [1.82, 2.24) is 21.7 Å². The van der Waals surface area contributed by atoms with Crippen molar-refractivity contribution in [3.05, 3.63) is 58.7 Å². The zero-order valence-electron chi connectivity index (χ0n) is 22.5. The van der Waals surface area contributed by atoms with Crippen LogP contribution in [0.4, 0.5) is 0 Å². The number of nitrogens with one attached hydrogen (secondary N) is 4. The van der Waals surface area contributed by atoms with Crippen molar-refractivity contribution in [2.75, 3.05) is 11.5 Å². The number of hydrogen-bond acceptors (Lipinski definition) is 7. The lowest BCUT2D eigenvalue weighted by atomic mass is 10.0. The minimum Gasteiger partial charge on any atom is -0.507 e. The van der Waals surface area contributed by atoms with Gasteiger partial charge in [-0.25, -0.2) is 0 Å². The predicted octanol–water partition coefficient (Wildman–Crippen LogP) is 3.52. The van der Waals surface area contributed by atoms with Gasteiger partial charge in [-0.3, -0.25) is 40.9 Å². The molecular weight excluding hydrogens is 520 g/mol. The molecule has 0 atom stereocenters. The number of thioether (sulfide) groups is 1. The lowest BCUT2D eigenvalue weighted by Gasteiger charge is -2.11. The first-order chi connectivity index (χ1) is 18.8. The van der Waals surface area contributed by atoms with Gasteiger partial charge in [0.2, 0.25) is 11.8 Å². The topological polar surface area (TPSA) is 157 Å². The van der Waals surface area contributed by atoms with E-state index in [1.54, 1.807) is 24.3 Å². The number of phenols is 2. The molecule has 0 saturated carbocycles. The number of benzene rings is 2. The summed E-state index contributed by atoms with van der Waals surface area (Å²) in [7, 11) is 0. The van der Waals surface area contributed by atoms with E-state index in [-0.39, 0.29) is 35.5 Å². The van der Waals surface area contributed by atoms with Crippen LogP contribution in [0.2, 0.25) is 0 Å². The van der Waals surface area contributed by atoms with Crippen LogP contribution in [0.3, 0.4) is 0 Å². The highest BCUT2D eigenvalue weighted by Crippen LogP contribution is 2.25. The number of aromatic hydroxyl groups is 2. The maximum Gasteiger partial charge on any atom is 0.273 e. The molecule has 0 aliphatic carbocycles. The molecule has 4 amide bonds. The van der Waals surface area contributed by atoms with Crippen LogP contribution < -0.4 is 21.7 Å². The number of hydrazine groups is 2. The molecule has 0 heterocycles. The van der Waals surface area contributed by atoms with Crippen LogP contribution in [0.25, 0.3) is 0 Å². The van der Waals surface area contributed by atoms with Crippen LogP contribution >= 0.6 is 11.8 Å². The summed E-state index contributed by atoms with van der Waals surface area (Å²) in [6.07, 6.45) is 5.25. The summed E-state index contributed by atoms with van der Waals surface area (Å²) >= 11 is 1.37. The van der Waals surface area contributed by atoms with E-state index in [1.165, 1.54) is 23.9 Å². The van der Waals surface area contributed by atoms with E-state index in [2.05, 4.69) is 21.7 Å². The van der Waals surface area contributed by atoms with Crippen LogP contribution in [-0.2, 0) is 22.4 Å². The summed E-state index contributed by atoms with van der Waals surface area (Å²) in [6.45, 7) is 4.08. The van der Waals surface area contributed by atoms with E-state index in [0.717, 1.165) is 25.7 Å². The third-order valence-corrected chi connectivity index (χ3v) is 6.89. The Labute approximate surface area is 233 Å². The molecule has 0 bridgehead atoms. The highest BCUT2D eigenvalue weighted by atomic mass is 32.2. The summed E-state index contributed by atoms with van der Waals surface area (Å²) in [5.41, 5.74) is 10.8. The van der Waals surface area contributed by atoms with Crippen LogP contribution in [-0.4, -0.2) is 45.3 Å². The SMILES string of the molecule is CCCCc1cccc(C(=O)NNC(=O)CCSCCC(=O)NNC(=O)c2cccc(CCCC)c2O)c1O. The number of phenolic OH excluding ortho intramolecular Hbond substituents is 2. The van der Waals surface area contributed by atoms with Gasteiger partial charge in [-0.15, -0.1) is 0 Å². The van der Waals surface area contributed by atoms with Gasteiger partial charge in [-0.05, 0) is 48.9 Å². The molecule has 212 valence electrons. The monoisotopic (exact) mass is 558 g/mol. The molecule has 6 N–H and O–H groups in total. The average Bonchev–Trinajstić information content (AvgIpc) is 2.93. The lowest BCUT2D eigenvalue weighted by molar-refractivity contribution is -0.122. The Hall–Kier alpha value is -3.73. The Balaban J connectivity index is 1.64. The van der Waals surface area contributed by atoms with Gasteiger partial charge < -0.3 is 10.2 Å².